The third kappa shape index (κ3) is 8.64. The minimum absolute atomic E-state index is 0. The van der Waals surface area contributed by atoms with Crippen LogP contribution in [0.15, 0.2) is 0 Å². The molecule has 0 rings (SSSR count). The van der Waals surface area contributed by atoms with Crippen LogP contribution < -0.4 is 0 Å². The predicted octanol–water partition coefficient (Wildman–Crippen LogP) is 3.16. The van der Waals surface area contributed by atoms with Gasteiger partial charge >= 0.3 is 69.0 Å². The Bertz CT molecular complexity index is 45.4. The summed E-state index contributed by atoms with van der Waals surface area (Å²) in [7, 11) is 0. The van der Waals surface area contributed by atoms with E-state index in [1.165, 1.54) is 43.5 Å². The van der Waals surface area contributed by atoms with Crippen LogP contribution in [-0.2, 0) is 0 Å². The average Bonchev–Trinajstić information content (AvgIpc) is 1.89. The molecule has 0 N–H and O–H groups in total. The largest absolute Gasteiger partial charge is 1.00 e. The van der Waals surface area contributed by atoms with Crippen LogP contribution in [0.25, 0.3) is 0 Å². The summed E-state index contributed by atoms with van der Waals surface area (Å²) < 4.78 is 0. The molecule has 0 heterocycles. The van der Waals surface area contributed by atoms with Crippen molar-refractivity contribution in [2.45, 2.75) is 50.4 Å². The van der Waals surface area contributed by atoms with Gasteiger partial charge in [-0.1, -0.05) is 0 Å². The van der Waals surface area contributed by atoms with E-state index in [9.17, 15) is 0 Å². The molecule has 0 aromatic heterocycles. The van der Waals surface area contributed by atoms with Gasteiger partial charge in [0, 0.05) is 0 Å². The number of rotatable bonds is 6. The zero-order valence-corrected chi connectivity index (χ0v) is 8.95. The zero-order chi connectivity index (χ0) is 6.95. The second-order valence-corrected chi connectivity index (χ2v) is 3.77. The topological polar surface area (TPSA) is 0 Å². The van der Waals surface area contributed by atoms with Crippen LogP contribution in [0.4, 0.5) is 0 Å². The summed E-state index contributed by atoms with van der Waals surface area (Å²) >= 11 is 1.88. The molecule has 0 atom stereocenters. The first-order chi connectivity index (χ1) is 4.41. The summed E-state index contributed by atoms with van der Waals surface area (Å²) in [5, 5.41) is 0. The third-order valence-corrected chi connectivity index (χ3v) is 2.41. The van der Waals surface area contributed by atoms with Crippen molar-refractivity contribution >= 4 is 18.6 Å². The van der Waals surface area contributed by atoms with Gasteiger partial charge in [0.1, 0.15) is 0 Å². The van der Waals surface area contributed by atoms with E-state index < -0.39 is 0 Å². The van der Waals surface area contributed by atoms with Crippen molar-refractivity contribution in [1.82, 2.24) is 0 Å². The van der Waals surface area contributed by atoms with Crippen LogP contribution in [0.3, 0.4) is 0 Å². The van der Waals surface area contributed by atoms with Gasteiger partial charge in [0.05, 0.1) is 0 Å². The molecule has 0 aliphatic rings. The molecule has 9 heavy (non-hydrogen) atoms. The molecule has 0 saturated carbocycles. The molecule has 0 unspecified atom stereocenters. The number of unbranched alkanes of at least 4 members (excludes halogenated alkanes) is 5. The monoisotopic (exact) mass is 184 g/mol. The minimum Gasteiger partial charge on any atom is -1.00 e. The first kappa shape index (κ1) is 9.64. The van der Waals surface area contributed by atoms with Crippen LogP contribution in [0.5, 0.6) is 0 Å². The maximum Gasteiger partial charge on any atom is -1.00 e. The van der Waals surface area contributed by atoms with Crippen molar-refractivity contribution < 1.29 is 2.85 Å². The minimum atomic E-state index is 0. The average molecular weight is 185 g/mol. The first-order valence-electron chi connectivity index (χ1n) is 4.12. The second-order valence-electron chi connectivity index (χ2n) is 2.56. The Kier molecular flexibility index (Phi) is 9.25. The van der Waals surface area contributed by atoms with Gasteiger partial charge in [0.2, 0.25) is 0 Å². The van der Waals surface area contributed by atoms with Crippen molar-refractivity contribution in [3.63, 3.8) is 0 Å². The van der Waals surface area contributed by atoms with E-state index in [2.05, 4.69) is 6.92 Å². The van der Waals surface area contributed by atoms with Gasteiger partial charge in [-0.05, 0) is 0 Å². The van der Waals surface area contributed by atoms with Crippen molar-refractivity contribution in [1.29, 1.82) is 0 Å². The van der Waals surface area contributed by atoms with Gasteiger partial charge in [-0.25, -0.2) is 0 Å². The molecule has 0 nitrogen and oxygen atoms in total. The number of hydrogen-bond donors (Lipinski definition) is 0. The molecule has 0 aliphatic carbocycles. The number of hydrogen-bond acceptors (Lipinski definition) is 0. The fourth-order valence-electron chi connectivity index (χ4n) is 0.925. The predicted molar refractivity (Wildman–Crippen MR) is 46.2 cm³/mol. The van der Waals surface area contributed by atoms with E-state index in [1.54, 1.807) is 0 Å². The van der Waals surface area contributed by atoms with Gasteiger partial charge in [-0.3, -0.25) is 0 Å². The molecule has 0 fully saturated rings. The Morgan fingerprint density at radius 2 is 1.56 bits per heavy atom. The molecule has 0 aromatic rings. The molecule has 1 heteroatoms. The molecule has 0 spiro atoms. The van der Waals surface area contributed by atoms with Crippen LogP contribution in [0, 0.1) is 0 Å². The Morgan fingerprint density at radius 3 is 2.11 bits per heavy atom. The normalized spacial score (nSPS) is 10.1. The summed E-state index contributed by atoms with van der Waals surface area (Å²) in [6, 6.07) is 0. The van der Waals surface area contributed by atoms with E-state index in [0.29, 0.717) is 0 Å². The SMILES string of the molecule is CCCCCCC[CH2][Ga+2].[H-].[H-]. The van der Waals surface area contributed by atoms with Crippen LogP contribution >= 0.6 is 0 Å². The third-order valence-electron chi connectivity index (χ3n) is 1.56. The molecular formula is C8H19Ga. The van der Waals surface area contributed by atoms with E-state index in [0.717, 1.165) is 0 Å². The maximum atomic E-state index is 2.27. The van der Waals surface area contributed by atoms with E-state index >= 15 is 0 Å². The fraction of sp³-hybridized carbons (Fsp3) is 1.00. The molecule has 0 aliphatic heterocycles. The quantitative estimate of drug-likeness (QED) is 0.440. The standard InChI is InChI=1S/C8H17.Ga.2H/c1-3-5-7-8-6-4-2;;;/h1,3-8H2,2H3;;;/q;+2;2*-1. The summed E-state index contributed by atoms with van der Waals surface area (Å²) in [5.74, 6) is 0. The molecule has 0 aromatic carbocycles. The van der Waals surface area contributed by atoms with Crippen LogP contribution in [0.1, 0.15) is 48.3 Å². The zero-order valence-electron chi connectivity index (χ0n) is 8.53. The Balaban J connectivity index is -0.000000320. The summed E-state index contributed by atoms with van der Waals surface area (Å²) in [6.07, 6.45) is 8.67. The molecule has 0 amide bonds. The van der Waals surface area contributed by atoms with Crippen LogP contribution in [-0.4, -0.2) is 18.6 Å². The van der Waals surface area contributed by atoms with Gasteiger partial charge in [-0.2, -0.15) is 0 Å². The van der Waals surface area contributed by atoms with Crippen molar-refractivity contribution in [2.75, 3.05) is 0 Å². The summed E-state index contributed by atoms with van der Waals surface area (Å²) in [4.78, 5) is 1.43. The van der Waals surface area contributed by atoms with E-state index in [4.69, 9.17) is 0 Å². The van der Waals surface area contributed by atoms with Gasteiger partial charge in [-0.15, -0.1) is 0 Å². The summed E-state index contributed by atoms with van der Waals surface area (Å²) in [5.41, 5.74) is 0. The van der Waals surface area contributed by atoms with Crippen molar-refractivity contribution in [3.8, 4) is 0 Å². The maximum absolute atomic E-state index is 2.27. The van der Waals surface area contributed by atoms with Crippen molar-refractivity contribution in [3.05, 3.63) is 0 Å². The van der Waals surface area contributed by atoms with E-state index in [1.807, 2.05) is 18.6 Å². The van der Waals surface area contributed by atoms with Gasteiger partial charge in [0.15, 0.2) is 0 Å². The fourth-order valence-corrected chi connectivity index (χ4v) is 1.53. The second kappa shape index (κ2) is 8.64. The molecule has 54 valence electrons. The smallest absolute Gasteiger partial charge is 1.00 e. The molecular weight excluding hydrogens is 166 g/mol. The molecule has 0 bridgehead atoms. The Morgan fingerprint density at radius 1 is 1.00 bits per heavy atom. The van der Waals surface area contributed by atoms with Crippen molar-refractivity contribution in [2.24, 2.45) is 0 Å². The van der Waals surface area contributed by atoms with Gasteiger partial charge in [0.25, 0.3) is 0 Å². The van der Waals surface area contributed by atoms with Gasteiger partial charge < -0.3 is 2.85 Å². The van der Waals surface area contributed by atoms with E-state index in [-0.39, 0.29) is 2.85 Å². The Hall–Kier alpha value is 0.636. The Labute approximate surface area is 72.3 Å². The molecule has 0 radical (unpaired) electrons. The molecule has 0 saturated heterocycles. The first-order valence-corrected chi connectivity index (χ1v) is 5.83. The van der Waals surface area contributed by atoms with Crippen LogP contribution in [0.2, 0.25) is 4.98 Å². The summed E-state index contributed by atoms with van der Waals surface area (Å²) in [6.45, 7) is 2.27.